The summed E-state index contributed by atoms with van der Waals surface area (Å²) in [5.41, 5.74) is 8.57. The van der Waals surface area contributed by atoms with Gasteiger partial charge in [-0.05, 0) is 32.3 Å². The van der Waals surface area contributed by atoms with Crippen LogP contribution in [0.5, 0.6) is 0 Å². The van der Waals surface area contributed by atoms with E-state index in [1.165, 1.54) is 16.1 Å². The molecule has 0 spiro atoms. The van der Waals surface area contributed by atoms with Crippen molar-refractivity contribution in [3.05, 3.63) is 34.2 Å². The van der Waals surface area contributed by atoms with Crippen molar-refractivity contribution in [1.82, 2.24) is 4.98 Å². The third-order valence-corrected chi connectivity index (χ3v) is 5.03. The molecule has 102 valence electrons. The summed E-state index contributed by atoms with van der Waals surface area (Å²) in [6, 6.07) is 2.20. The van der Waals surface area contributed by atoms with Gasteiger partial charge in [0.25, 0.3) is 0 Å². The zero-order valence-corrected chi connectivity index (χ0v) is 12.2. The van der Waals surface area contributed by atoms with Gasteiger partial charge in [0.2, 0.25) is 0 Å². The molecule has 0 saturated carbocycles. The Kier molecular flexibility index (Phi) is 3.33. The van der Waals surface area contributed by atoms with Gasteiger partial charge in [0.15, 0.2) is 5.13 Å². The molecule has 4 nitrogen and oxygen atoms in total. The number of aromatic nitrogens is 1. The third kappa shape index (κ3) is 2.40. The van der Waals surface area contributed by atoms with Gasteiger partial charge in [-0.25, -0.2) is 4.98 Å². The van der Waals surface area contributed by atoms with Crippen molar-refractivity contribution in [3.8, 4) is 0 Å². The minimum absolute atomic E-state index is 0.180. The second-order valence-corrected chi connectivity index (χ2v) is 6.17. The van der Waals surface area contributed by atoms with E-state index in [0.29, 0.717) is 0 Å². The molecule has 1 aliphatic carbocycles. The summed E-state index contributed by atoms with van der Waals surface area (Å²) >= 11 is 1.74. The lowest BCUT2D eigenvalue weighted by atomic mass is 9.99. The van der Waals surface area contributed by atoms with Crippen molar-refractivity contribution >= 4 is 16.5 Å². The molecule has 2 aromatic rings. The van der Waals surface area contributed by atoms with Crippen molar-refractivity contribution in [2.45, 2.75) is 38.8 Å². The van der Waals surface area contributed by atoms with Crippen LogP contribution >= 0.6 is 11.3 Å². The molecule has 19 heavy (non-hydrogen) atoms. The number of aryl methyl sites for hydroxylation is 2. The van der Waals surface area contributed by atoms with Crippen LogP contribution in [0, 0.1) is 6.92 Å². The lowest BCUT2D eigenvalue weighted by molar-refractivity contribution is 0.529. The van der Waals surface area contributed by atoms with Gasteiger partial charge in [-0.3, -0.25) is 0 Å². The quantitative estimate of drug-likeness (QED) is 0.937. The Morgan fingerprint density at radius 1 is 1.58 bits per heavy atom. The lowest BCUT2D eigenvalue weighted by Crippen LogP contribution is -2.16. The Hall–Kier alpha value is -1.33. The predicted octanol–water partition coefficient (Wildman–Crippen LogP) is 3.02. The number of fused-ring (bicyclic) bond motifs is 1. The highest BCUT2D eigenvalue weighted by Crippen LogP contribution is 2.36. The van der Waals surface area contributed by atoms with E-state index >= 15 is 0 Å². The number of thiazole rings is 1. The van der Waals surface area contributed by atoms with E-state index in [0.717, 1.165) is 36.7 Å². The van der Waals surface area contributed by atoms with Gasteiger partial charge in [0, 0.05) is 30.1 Å². The Bertz CT molecular complexity index is 575. The minimum atomic E-state index is 0.180. The summed E-state index contributed by atoms with van der Waals surface area (Å²) in [4.78, 5) is 8.19. The van der Waals surface area contributed by atoms with Crippen molar-refractivity contribution in [2.75, 3.05) is 11.9 Å². The summed E-state index contributed by atoms with van der Waals surface area (Å²) in [6.45, 7) is 2.82. The average Bonchev–Trinajstić information content (AvgIpc) is 2.97. The third-order valence-electron chi connectivity index (χ3n) is 3.68. The summed E-state index contributed by atoms with van der Waals surface area (Å²) in [7, 11) is 2.07. The van der Waals surface area contributed by atoms with Gasteiger partial charge in [-0.2, -0.15) is 0 Å². The SMILES string of the molecule is Cc1occc1CN(C)c1nc2c(s1)C(N)CCC2. The highest BCUT2D eigenvalue weighted by Gasteiger charge is 2.23. The fourth-order valence-corrected chi connectivity index (χ4v) is 3.61. The fraction of sp³-hybridized carbons (Fsp3) is 0.500. The summed E-state index contributed by atoms with van der Waals surface area (Å²) in [5.74, 6) is 0.977. The molecule has 3 rings (SSSR count). The normalized spacial score (nSPS) is 18.4. The first-order valence-corrected chi connectivity index (χ1v) is 7.46. The molecule has 0 bridgehead atoms. The Morgan fingerprint density at radius 3 is 3.11 bits per heavy atom. The maximum atomic E-state index is 6.16. The molecule has 1 atom stereocenters. The van der Waals surface area contributed by atoms with Crippen LogP contribution in [0.15, 0.2) is 16.7 Å². The molecule has 2 aromatic heterocycles. The zero-order chi connectivity index (χ0) is 13.4. The molecule has 0 saturated heterocycles. The average molecular weight is 277 g/mol. The van der Waals surface area contributed by atoms with E-state index < -0.39 is 0 Å². The van der Waals surface area contributed by atoms with Gasteiger partial charge in [0.05, 0.1) is 12.0 Å². The van der Waals surface area contributed by atoms with Gasteiger partial charge in [0.1, 0.15) is 5.76 Å². The largest absolute Gasteiger partial charge is 0.469 e. The monoisotopic (exact) mass is 277 g/mol. The molecule has 1 aliphatic rings. The molecule has 0 aromatic carbocycles. The molecule has 2 heterocycles. The van der Waals surface area contributed by atoms with Crippen LogP contribution in [0.1, 0.15) is 40.8 Å². The smallest absolute Gasteiger partial charge is 0.185 e. The van der Waals surface area contributed by atoms with Crippen molar-refractivity contribution in [1.29, 1.82) is 0 Å². The van der Waals surface area contributed by atoms with Gasteiger partial charge in [-0.15, -0.1) is 0 Å². The van der Waals surface area contributed by atoms with Crippen LogP contribution in [0.2, 0.25) is 0 Å². The van der Waals surface area contributed by atoms with E-state index in [9.17, 15) is 0 Å². The second-order valence-electron chi connectivity index (χ2n) is 5.16. The predicted molar refractivity (Wildman–Crippen MR) is 77.5 cm³/mol. The number of anilines is 1. The Balaban J connectivity index is 1.81. The number of furan rings is 1. The van der Waals surface area contributed by atoms with Crippen LogP contribution in [0.3, 0.4) is 0 Å². The van der Waals surface area contributed by atoms with Crippen LogP contribution in [-0.2, 0) is 13.0 Å². The molecule has 0 fully saturated rings. The van der Waals surface area contributed by atoms with Crippen molar-refractivity contribution in [2.24, 2.45) is 5.73 Å². The Labute approximate surface area is 117 Å². The number of nitrogens with zero attached hydrogens (tertiary/aromatic N) is 2. The van der Waals surface area contributed by atoms with E-state index in [1.807, 2.05) is 13.0 Å². The molecule has 0 aliphatic heterocycles. The topological polar surface area (TPSA) is 55.3 Å². The van der Waals surface area contributed by atoms with E-state index in [-0.39, 0.29) is 6.04 Å². The second kappa shape index (κ2) is 4.98. The molecule has 2 N–H and O–H groups in total. The van der Waals surface area contributed by atoms with Crippen LogP contribution < -0.4 is 10.6 Å². The maximum absolute atomic E-state index is 6.16. The first-order chi connectivity index (χ1) is 9.15. The maximum Gasteiger partial charge on any atom is 0.185 e. The number of rotatable bonds is 3. The first kappa shape index (κ1) is 12.7. The molecular weight excluding hydrogens is 258 g/mol. The van der Waals surface area contributed by atoms with Crippen LogP contribution in [0.25, 0.3) is 0 Å². The minimum Gasteiger partial charge on any atom is -0.469 e. The van der Waals surface area contributed by atoms with Crippen molar-refractivity contribution in [3.63, 3.8) is 0 Å². The molecule has 0 amide bonds. The number of hydrogen-bond acceptors (Lipinski definition) is 5. The number of nitrogens with two attached hydrogens (primary N) is 1. The van der Waals surface area contributed by atoms with Gasteiger partial charge < -0.3 is 15.1 Å². The Morgan fingerprint density at radius 2 is 2.42 bits per heavy atom. The summed E-state index contributed by atoms with van der Waals surface area (Å²) < 4.78 is 5.34. The highest BCUT2D eigenvalue weighted by molar-refractivity contribution is 7.15. The molecule has 1 unspecified atom stereocenters. The molecular formula is C14H19N3OS. The van der Waals surface area contributed by atoms with Gasteiger partial charge in [-0.1, -0.05) is 11.3 Å². The fourth-order valence-electron chi connectivity index (χ4n) is 2.50. The van der Waals surface area contributed by atoms with Crippen molar-refractivity contribution < 1.29 is 4.42 Å². The zero-order valence-electron chi connectivity index (χ0n) is 11.3. The van der Waals surface area contributed by atoms with E-state index in [1.54, 1.807) is 17.6 Å². The van der Waals surface area contributed by atoms with Gasteiger partial charge >= 0.3 is 0 Å². The highest BCUT2D eigenvalue weighted by atomic mass is 32.1. The summed E-state index contributed by atoms with van der Waals surface area (Å²) in [5, 5.41) is 1.06. The standard InChI is InChI=1S/C14H19N3OS/c1-9-10(6-7-18-9)8-17(2)14-16-12-5-3-4-11(15)13(12)19-14/h6-7,11H,3-5,8,15H2,1-2H3. The molecule has 0 radical (unpaired) electrons. The van der Waals surface area contributed by atoms with Crippen LogP contribution in [0.4, 0.5) is 5.13 Å². The summed E-state index contributed by atoms with van der Waals surface area (Å²) in [6.07, 6.45) is 5.04. The molecule has 5 heteroatoms. The van der Waals surface area contributed by atoms with E-state index in [2.05, 4.69) is 11.9 Å². The van der Waals surface area contributed by atoms with E-state index in [4.69, 9.17) is 15.1 Å². The lowest BCUT2D eigenvalue weighted by Gasteiger charge is -2.15. The van der Waals surface area contributed by atoms with Crippen LogP contribution in [-0.4, -0.2) is 12.0 Å². The first-order valence-electron chi connectivity index (χ1n) is 6.64. The number of hydrogen-bond donors (Lipinski definition) is 1.